The van der Waals surface area contributed by atoms with Gasteiger partial charge in [-0.25, -0.2) is 0 Å². The summed E-state index contributed by atoms with van der Waals surface area (Å²) in [6, 6.07) is 24.1. The van der Waals surface area contributed by atoms with Crippen molar-refractivity contribution in [3.63, 3.8) is 0 Å². The van der Waals surface area contributed by atoms with Crippen LogP contribution in [0.1, 0.15) is 23.6 Å². The Morgan fingerprint density at radius 2 is 1.68 bits per heavy atom. The lowest BCUT2D eigenvalue weighted by Crippen LogP contribution is -2.18. The van der Waals surface area contributed by atoms with Crippen molar-refractivity contribution in [3.05, 3.63) is 88.9 Å². The van der Waals surface area contributed by atoms with Crippen LogP contribution in [0.15, 0.2) is 77.9 Å². The van der Waals surface area contributed by atoms with Gasteiger partial charge < -0.3 is 9.47 Å². The Kier molecular flexibility index (Phi) is 5.22. The topological polar surface area (TPSA) is 34.1 Å². The van der Waals surface area contributed by atoms with Crippen molar-refractivity contribution in [3.8, 4) is 11.5 Å². The first-order valence-corrected chi connectivity index (χ1v) is 9.47. The summed E-state index contributed by atoms with van der Waals surface area (Å²) in [6.07, 6.45) is 0.763. The molecule has 0 spiro atoms. The first-order chi connectivity index (χ1) is 13.7. The highest BCUT2D eigenvalue weighted by Gasteiger charge is 2.31. The smallest absolute Gasteiger partial charge is 0.131 e. The molecule has 0 saturated carbocycles. The second-order valence-electron chi connectivity index (χ2n) is 6.56. The average Bonchev–Trinajstić information content (AvgIpc) is 3.19. The number of para-hydroxylation sites is 1. The predicted octanol–water partition coefficient (Wildman–Crippen LogP) is 5.71. The number of rotatable bonds is 5. The maximum Gasteiger partial charge on any atom is 0.131 e. The van der Waals surface area contributed by atoms with Crippen molar-refractivity contribution in [1.29, 1.82) is 0 Å². The minimum atomic E-state index is 0.0847. The van der Waals surface area contributed by atoms with Gasteiger partial charge in [0.1, 0.15) is 11.5 Å². The van der Waals surface area contributed by atoms with E-state index in [1.807, 2.05) is 48.5 Å². The van der Waals surface area contributed by atoms with Crippen LogP contribution in [-0.2, 0) is 0 Å². The molecule has 1 heterocycles. The van der Waals surface area contributed by atoms with Crippen molar-refractivity contribution in [2.45, 2.75) is 12.5 Å². The summed E-state index contributed by atoms with van der Waals surface area (Å²) in [5, 5.41) is 7.77. The molecule has 0 saturated heterocycles. The van der Waals surface area contributed by atoms with E-state index in [1.165, 1.54) is 5.56 Å². The van der Waals surface area contributed by atoms with E-state index in [9.17, 15) is 0 Å². The number of benzene rings is 3. The molecule has 3 aromatic rings. The molecule has 0 fully saturated rings. The number of hydrazone groups is 1. The number of halogens is 1. The maximum atomic E-state index is 6.09. The van der Waals surface area contributed by atoms with E-state index in [0.29, 0.717) is 0 Å². The van der Waals surface area contributed by atoms with Gasteiger partial charge in [-0.15, -0.1) is 0 Å². The summed E-state index contributed by atoms with van der Waals surface area (Å²) in [6.45, 7) is 0. The molecule has 28 heavy (non-hydrogen) atoms. The van der Waals surface area contributed by atoms with E-state index < -0.39 is 0 Å². The highest BCUT2D eigenvalue weighted by Crippen LogP contribution is 2.39. The van der Waals surface area contributed by atoms with Crippen LogP contribution in [0, 0.1) is 0 Å². The van der Waals surface area contributed by atoms with Crippen LogP contribution in [0.3, 0.4) is 0 Å². The maximum absolute atomic E-state index is 6.09. The zero-order valence-corrected chi connectivity index (χ0v) is 16.6. The number of methoxy groups -OCH3 is 2. The van der Waals surface area contributed by atoms with E-state index in [2.05, 4.69) is 29.3 Å². The minimum Gasteiger partial charge on any atom is -0.497 e. The molecular weight excluding hydrogens is 372 g/mol. The average molecular weight is 393 g/mol. The van der Waals surface area contributed by atoms with Crippen LogP contribution in [0.25, 0.3) is 0 Å². The molecule has 4 nitrogen and oxygen atoms in total. The molecule has 0 N–H and O–H groups in total. The number of hydrogen-bond acceptors (Lipinski definition) is 4. The lowest BCUT2D eigenvalue weighted by Gasteiger charge is -2.24. The Bertz CT molecular complexity index is 987. The Morgan fingerprint density at radius 3 is 2.36 bits per heavy atom. The molecule has 0 aromatic heterocycles. The van der Waals surface area contributed by atoms with E-state index in [4.69, 9.17) is 26.2 Å². The summed E-state index contributed by atoms with van der Waals surface area (Å²) in [5.74, 6) is 1.51. The molecule has 0 bridgehead atoms. The number of hydrogen-bond donors (Lipinski definition) is 0. The van der Waals surface area contributed by atoms with Gasteiger partial charge in [0.05, 0.1) is 31.7 Å². The number of nitrogens with zero attached hydrogens (tertiary/aromatic N) is 2. The van der Waals surface area contributed by atoms with E-state index >= 15 is 0 Å². The second kappa shape index (κ2) is 7.95. The Morgan fingerprint density at radius 1 is 0.929 bits per heavy atom. The molecule has 0 amide bonds. The van der Waals surface area contributed by atoms with Gasteiger partial charge >= 0.3 is 0 Å². The summed E-state index contributed by atoms with van der Waals surface area (Å²) in [5.41, 5.74) is 4.16. The van der Waals surface area contributed by atoms with Gasteiger partial charge in [0.15, 0.2) is 0 Å². The standard InChI is InChI=1S/C23H21ClN2O2/c1-27-19-12-13-20(23(14-19)28-2)21-15-22(16-8-10-17(24)11-9-16)26(25-21)18-6-4-3-5-7-18/h3-14,22H,15H2,1-2H3/t22-/m0/s1. The lowest BCUT2D eigenvalue weighted by atomic mass is 9.97. The second-order valence-corrected chi connectivity index (χ2v) is 7.00. The van der Waals surface area contributed by atoms with Crippen molar-refractivity contribution in [2.24, 2.45) is 5.10 Å². The van der Waals surface area contributed by atoms with Crippen molar-refractivity contribution < 1.29 is 9.47 Å². The molecule has 4 rings (SSSR count). The van der Waals surface area contributed by atoms with Crippen LogP contribution in [-0.4, -0.2) is 19.9 Å². The molecule has 5 heteroatoms. The third kappa shape index (κ3) is 3.56. The third-order valence-corrected chi connectivity index (χ3v) is 5.16. The number of ether oxygens (including phenoxy) is 2. The van der Waals surface area contributed by atoms with E-state index in [0.717, 1.165) is 39.9 Å². The van der Waals surface area contributed by atoms with Gasteiger partial charge in [-0.2, -0.15) is 5.10 Å². The first kappa shape index (κ1) is 18.4. The summed E-state index contributed by atoms with van der Waals surface area (Å²) < 4.78 is 10.9. The van der Waals surface area contributed by atoms with Gasteiger partial charge in [-0.3, -0.25) is 5.01 Å². The predicted molar refractivity (Wildman–Crippen MR) is 114 cm³/mol. The SMILES string of the molecule is COc1ccc(C2=NN(c3ccccc3)[C@H](c3ccc(Cl)cc3)C2)c(OC)c1. The molecule has 0 unspecified atom stereocenters. The molecule has 1 aliphatic heterocycles. The van der Waals surface area contributed by atoms with Gasteiger partial charge in [0.2, 0.25) is 0 Å². The summed E-state index contributed by atoms with van der Waals surface area (Å²) >= 11 is 6.09. The fourth-order valence-electron chi connectivity index (χ4n) is 3.47. The highest BCUT2D eigenvalue weighted by atomic mass is 35.5. The monoisotopic (exact) mass is 392 g/mol. The van der Waals surface area contributed by atoms with Crippen molar-refractivity contribution >= 4 is 23.0 Å². The van der Waals surface area contributed by atoms with E-state index in [1.54, 1.807) is 14.2 Å². The van der Waals surface area contributed by atoms with Gasteiger partial charge in [-0.1, -0.05) is 41.9 Å². The highest BCUT2D eigenvalue weighted by molar-refractivity contribution is 6.30. The van der Waals surface area contributed by atoms with Gasteiger partial charge in [0.25, 0.3) is 0 Å². The van der Waals surface area contributed by atoms with Crippen LogP contribution in [0.4, 0.5) is 5.69 Å². The third-order valence-electron chi connectivity index (χ3n) is 4.91. The van der Waals surface area contributed by atoms with Gasteiger partial charge in [-0.05, 0) is 42.0 Å². The molecule has 1 atom stereocenters. The lowest BCUT2D eigenvalue weighted by molar-refractivity contribution is 0.394. The Labute approximate surface area is 170 Å². The zero-order chi connectivity index (χ0) is 19.5. The van der Waals surface area contributed by atoms with Crippen molar-refractivity contribution in [2.75, 3.05) is 19.2 Å². The first-order valence-electron chi connectivity index (χ1n) is 9.09. The molecule has 142 valence electrons. The largest absolute Gasteiger partial charge is 0.497 e. The molecule has 1 aliphatic rings. The van der Waals surface area contributed by atoms with Crippen LogP contribution in [0.5, 0.6) is 11.5 Å². The molecule has 0 radical (unpaired) electrons. The van der Waals surface area contributed by atoms with Crippen molar-refractivity contribution in [1.82, 2.24) is 0 Å². The fourth-order valence-corrected chi connectivity index (χ4v) is 3.60. The fraction of sp³-hybridized carbons (Fsp3) is 0.174. The van der Waals surface area contributed by atoms with E-state index in [-0.39, 0.29) is 6.04 Å². The van der Waals surface area contributed by atoms with Crippen LogP contribution >= 0.6 is 11.6 Å². The quantitative estimate of drug-likeness (QED) is 0.557. The molecule has 0 aliphatic carbocycles. The van der Waals surface area contributed by atoms with Crippen LogP contribution < -0.4 is 14.5 Å². The van der Waals surface area contributed by atoms with Gasteiger partial charge in [0, 0.05) is 23.1 Å². The minimum absolute atomic E-state index is 0.0847. The summed E-state index contributed by atoms with van der Waals surface area (Å²) in [7, 11) is 3.31. The Balaban J connectivity index is 1.76. The van der Waals surface area contributed by atoms with Crippen LogP contribution in [0.2, 0.25) is 5.02 Å². The normalized spacial score (nSPS) is 16.0. The molecular formula is C23H21ClN2O2. The zero-order valence-electron chi connectivity index (χ0n) is 15.8. The summed E-state index contributed by atoms with van der Waals surface area (Å²) in [4.78, 5) is 0. The number of anilines is 1. The Hall–Kier alpha value is -2.98. The molecule has 3 aromatic carbocycles.